The maximum Gasteiger partial charge on any atom is 0.0313 e. The molecule has 1 unspecified atom stereocenters. The largest absolute Gasteiger partial charge is 0.313 e. The highest BCUT2D eigenvalue weighted by molar-refractivity contribution is 7.84. The van der Waals surface area contributed by atoms with E-state index in [9.17, 15) is 4.21 Å². The van der Waals surface area contributed by atoms with Gasteiger partial charge in [0.25, 0.3) is 0 Å². The lowest BCUT2D eigenvalue weighted by atomic mass is 10.2. The summed E-state index contributed by atoms with van der Waals surface area (Å²) in [6.07, 6.45) is 6.43. The van der Waals surface area contributed by atoms with Crippen molar-refractivity contribution in [2.45, 2.75) is 19.9 Å². The van der Waals surface area contributed by atoms with Crippen molar-refractivity contribution < 1.29 is 4.21 Å². The van der Waals surface area contributed by atoms with E-state index in [-0.39, 0.29) is 0 Å². The van der Waals surface area contributed by atoms with Crippen molar-refractivity contribution in [1.29, 1.82) is 0 Å². The Morgan fingerprint density at radius 1 is 1.47 bits per heavy atom. The van der Waals surface area contributed by atoms with Gasteiger partial charge in [0.2, 0.25) is 0 Å². The molecular formula is C11H18N2OS. The first kappa shape index (κ1) is 12.3. The highest BCUT2D eigenvalue weighted by atomic mass is 32.2. The van der Waals surface area contributed by atoms with Gasteiger partial charge in [0.15, 0.2) is 0 Å². The summed E-state index contributed by atoms with van der Waals surface area (Å²) in [7, 11) is -0.670. The molecule has 1 atom stereocenters. The van der Waals surface area contributed by atoms with E-state index in [0.29, 0.717) is 0 Å². The van der Waals surface area contributed by atoms with E-state index in [0.717, 1.165) is 25.3 Å². The fourth-order valence-electron chi connectivity index (χ4n) is 1.35. The Balaban J connectivity index is 2.17. The monoisotopic (exact) mass is 226 g/mol. The van der Waals surface area contributed by atoms with Crippen LogP contribution in [0.15, 0.2) is 18.5 Å². The summed E-state index contributed by atoms with van der Waals surface area (Å²) in [5.41, 5.74) is 2.39. The van der Waals surface area contributed by atoms with Crippen LogP contribution in [-0.2, 0) is 17.3 Å². The molecule has 1 N–H and O–H groups in total. The molecule has 0 saturated heterocycles. The van der Waals surface area contributed by atoms with Gasteiger partial charge in [0, 0.05) is 41.7 Å². The van der Waals surface area contributed by atoms with Crippen molar-refractivity contribution in [3.63, 3.8) is 0 Å². The summed E-state index contributed by atoms with van der Waals surface area (Å²) in [6, 6.07) is 2.12. The Bertz CT molecular complexity index is 328. The van der Waals surface area contributed by atoms with Crippen molar-refractivity contribution in [3.05, 3.63) is 29.6 Å². The zero-order valence-electron chi connectivity index (χ0n) is 9.32. The lowest BCUT2D eigenvalue weighted by Crippen LogP contribution is -2.16. The van der Waals surface area contributed by atoms with Gasteiger partial charge in [-0.2, -0.15) is 0 Å². The van der Waals surface area contributed by atoms with Crippen LogP contribution >= 0.6 is 0 Å². The Morgan fingerprint density at radius 2 is 2.27 bits per heavy atom. The van der Waals surface area contributed by atoms with Gasteiger partial charge in [-0.05, 0) is 31.0 Å². The maximum absolute atomic E-state index is 10.8. The highest BCUT2D eigenvalue weighted by Crippen LogP contribution is 2.00. The van der Waals surface area contributed by atoms with Crippen molar-refractivity contribution in [2.75, 3.05) is 18.6 Å². The lowest BCUT2D eigenvalue weighted by molar-refractivity contribution is 0.661. The van der Waals surface area contributed by atoms with E-state index >= 15 is 0 Å². The highest BCUT2D eigenvalue weighted by Gasteiger charge is 1.94. The third kappa shape index (κ3) is 5.64. The predicted octanol–water partition coefficient (Wildman–Crippen LogP) is 1.25. The zero-order chi connectivity index (χ0) is 11.1. The summed E-state index contributed by atoms with van der Waals surface area (Å²) in [5, 5.41) is 3.31. The number of hydrogen-bond acceptors (Lipinski definition) is 3. The van der Waals surface area contributed by atoms with Crippen LogP contribution in [0.2, 0.25) is 0 Å². The number of nitrogens with zero attached hydrogens (tertiary/aromatic N) is 1. The normalized spacial score (nSPS) is 12.7. The number of aryl methyl sites for hydroxylation is 1. The molecule has 0 aliphatic heterocycles. The van der Waals surface area contributed by atoms with Gasteiger partial charge in [-0.25, -0.2) is 0 Å². The molecule has 1 heterocycles. The van der Waals surface area contributed by atoms with E-state index in [1.54, 1.807) is 6.26 Å². The third-order valence-electron chi connectivity index (χ3n) is 2.05. The predicted molar refractivity (Wildman–Crippen MR) is 64.2 cm³/mol. The summed E-state index contributed by atoms with van der Waals surface area (Å²) in [5.74, 6) is 0.777. The standard InChI is InChI=1S/C11H18N2OS/c1-10-6-11(9-13-7-10)8-12-4-3-5-15(2)14/h6-7,9,12H,3-5,8H2,1-2H3. The second kappa shape index (κ2) is 6.69. The van der Waals surface area contributed by atoms with Crippen LogP contribution in [0.3, 0.4) is 0 Å². The quantitative estimate of drug-likeness (QED) is 0.742. The second-order valence-electron chi connectivity index (χ2n) is 3.68. The first-order valence-corrected chi connectivity index (χ1v) is 6.82. The Kier molecular flexibility index (Phi) is 5.50. The van der Waals surface area contributed by atoms with Crippen LogP contribution in [0.4, 0.5) is 0 Å². The van der Waals surface area contributed by atoms with E-state index in [2.05, 4.69) is 16.4 Å². The summed E-state index contributed by atoms with van der Waals surface area (Å²) < 4.78 is 10.8. The number of hydrogen-bond donors (Lipinski definition) is 1. The number of pyridine rings is 1. The lowest BCUT2D eigenvalue weighted by Gasteiger charge is -2.04. The molecule has 0 bridgehead atoms. The van der Waals surface area contributed by atoms with Crippen LogP contribution in [0, 0.1) is 6.92 Å². The molecule has 1 aromatic heterocycles. The molecule has 0 aromatic carbocycles. The molecule has 3 nitrogen and oxygen atoms in total. The van der Waals surface area contributed by atoms with Crippen molar-refractivity contribution in [2.24, 2.45) is 0 Å². The van der Waals surface area contributed by atoms with E-state index in [1.807, 2.05) is 19.3 Å². The molecule has 15 heavy (non-hydrogen) atoms. The van der Waals surface area contributed by atoms with Crippen molar-refractivity contribution in [1.82, 2.24) is 10.3 Å². The molecule has 4 heteroatoms. The van der Waals surface area contributed by atoms with E-state index in [4.69, 9.17) is 0 Å². The maximum atomic E-state index is 10.8. The molecule has 0 saturated carbocycles. The number of aromatic nitrogens is 1. The molecule has 0 fully saturated rings. The summed E-state index contributed by atoms with van der Waals surface area (Å²) in [6.45, 7) is 3.79. The minimum atomic E-state index is -0.670. The molecule has 0 spiro atoms. The minimum Gasteiger partial charge on any atom is -0.313 e. The van der Waals surface area contributed by atoms with Crippen LogP contribution < -0.4 is 5.32 Å². The molecule has 1 aromatic rings. The van der Waals surface area contributed by atoms with Gasteiger partial charge >= 0.3 is 0 Å². The van der Waals surface area contributed by atoms with Gasteiger partial charge in [0.05, 0.1) is 0 Å². The molecule has 0 aliphatic carbocycles. The molecule has 0 amide bonds. The first-order valence-electron chi connectivity index (χ1n) is 5.10. The topological polar surface area (TPSA) is 42.0 Å². The van der Waals surface area contributed by atoms with Gasteiger partial charge in [-0.3, -0.25) is 9.19 Å². The Morgan fingerprint density at radius 3 is 2.93 bits per heavy atom. The smallest absolute Gasteiger partial charge is 0.0313 e. The SMILES string of the molecule is Cc1cncc(CNCCCS(C)=O)c1. The fraction of sp³-hybridized carbons (Fsp3) is 0.545. The average Bonchev–Trinajstić information content (AvgIpc) is 2.17. The third-order valence-corrected chi connectivity index (χ3v) is 2.91. The van der Waals surface area contributed by atoms with Crippen molar-refractivity contribution >= 4 is 10.8 Å². The first-order chi connectivity index (χ1) is 7.18. The van der Waals surface area contributed by atoms with Crippen LogP contribution in [0.5, 0.6) is 0 Å². The van der Waals surface area contributed by atoms with Crippen LogP contribution in [0.1, 0.15) is 17.5 Å². The zero-order valence-corrected chi connectivity index (χ0v) is 10.1. The van der Waals surface area contributed by atoms with Crippen LogP contribution in [0.25, 0.3) is 0 Å². The van der Waals surface area contributed by atoms with Gasteiger partial charge in [-0.15, -0.1) is 0 Å². The second-order valence-corrected chi connectivity index (χ2v) is 5.23. The molecule has 1 rings (SSSR count). The van der Waals surface area contributed by atoms with Gasteiger partial charge < -0.3 is 5.32 Å². The average molecular weight is 226 g/mol. The molecule has 0 radical (unpaired) electrons. The minimum absolute atomic E-state index is 0.670. The number of nitrogens with one attached hydrogen (secondary N) is 1. The van der Waals surface area contributed by atoms with E-state index in [1.165, 1.54) is 11.1 Å². The number of rotatable bonds is 6. The van der Waals surface area contributed by atoms with Gasteiger partial charge in [-0.1, -0.05) is 6.07 Å². The Hall–Kier alpha value is -0.740. The Labute approximate surface area is 93.8 Å². The van der Waals surface area contributed by atoms with Gasteiger partial charge in [0.1, 0.15) is 0 Å². The molecule has 84 valence electrons. The summed E-state index contributed by atoms with van der Waals surface area (Å²) >= 11 is 0. The van der Waals surface area contributed by atoms with E-state index < -0.39 is 10.8 Å². The van der Waals surface area contributed by atoms with Crippen LogP contribution in [-0.4, -0.2) is 27.7 Å². The molecular weight excluding hydrogens is 208 g/mol. The molecule has 0 aliphatic rings. The summed E-state index contributed by atoms with van der Waals surface area (Å²) in [4.78, 5) is 4.12. The fourth-order valence-corrected chi connectivity index (χ4v) is 1.90. The van der Waals surface area contributed by atoms with Crippen molar-refractivity contribution in [3.8, 4) is 0 Å².